The molecule has 16 heavy (non-hydrogen) atoms. The van der Waals surface area contributed by atoms with Crippen LogP contribution in [-0.4, -0.2) is 11.0 Å². The van der Waals surface area contributed by atoms with E-state index in [9.17, 15) is 0 Å². The molecule has 1 aliphatic rings. The Kier molecular flexibility index (Phi) is 2.02. The average Bonchev–Trinajstić information content (AvgIpc) is 2.64. The molecule has 1 saturated carbocycles. The van der Waals surface area contributed by atoms with Crippen molar-refractivity contribution < 1.29 is 0 Å². The van der Waals surface area contributed by atoms with Gasteiger partial charge in [0.15, 0.2) is 5.13 Å². The minimum Gasteiger partial charge on any atom is -0.358 e. The molecule has 1 unspecified atom stereocenters. The van der Waals surface area contributed by atoms with Gasteiger partial charge in [-0.3, -0.25) is 0 Å². The van der Waals surface area contributed by atoms with E-state index in [-0.39, 0.29) is 0 Å². The highest BCUT2D eigenvalue weighted by Gasteiger charge is 2.46. The lowest BCUT2D eigenvalue weighted by Gasteiger charge is -2.03. The van der Waals surface area contributed by atoms with Crippen molar-refractivity contribution in [1.82, 2.24) is 4.98 Å². The molecule has 1 N–H and O–H groups in total. The summed E-state index contributed by atoms with van der Waals surface area (Å²) in [6.45, 7) is 6.71. The molecule has 2 aromatic rings. The number of aromatic nitrogens is 1. The highest BCUT2D eigenvalue weighted by Crippen LogP contribution is 2.47. The lowest BCUT2D eigenvalue weighted by molar-refractivity contribution is 0.630. The second kappa shape index (κ2) is 3.20. The standard InChI is InChI=1S/C13H16N2S/c1-8-4-5-9-10(6-8)16-12(14-9)15-11-7-13(11,2)3/h4-6,11H,7H2,1-3H3,(H,14,15). The fraction of sp³-hybridized carbons (Fsp3) is 0.462. The topological polar surface area (TPSA) is 24.9 Å². The Morgan fingerprint density at radius 1 is 1.44 bits per heavy atom. The first-order valence-corrected chi connectivity index (χ1v) is 6.50. The van der Waals surface area contributed by atoms with Crippen LogP contribution in [0.4, 0.5) is 5.13 Å². The summed E-state index contributed by atoms with van der Waals surface area (Å²) in [6.07, 6.45) is 1.25. The van der Waals surface area contributed by atoms with Crippen LogP contribution in [0.3, 0.4) is 0 Å². The Bertz CT molecular complexity index is 542. The van der Waals surface area contributed by atoms with Crippen molar-refractivity contribution in [1.29, 1.82) is 0 Å². The maximum Gasteiger partial charge on any atom is 0.184 e. The summed E-state index contributed by atoms with van der Waals surface area (Å²) < 4.78 is 1.28. The molecular weight excluding hydrogens is 216 g/mol. The minimum atomic E-state index is 0.452. The second-order valence-corrected chi connectivity index (χ2v) is 6.41. The number of hydrogen-bond donors (Lipinski definition) is 1. The number of anilines is 1. The molecule has 3 rings (SSSR count). The maximum absolute atomic E-state index is 4.61. The normalized spacial score (nSPS) is 22.3. The fourth-order valence-electron chi connectivity index (χ4n) is 1.96. The quantitative estimate of drug-likeness (QED) is 0.851. The number of aryl methyl sites for hydroxylation is 1. The largest absolute Gasteiger partial charge is 0.358 e. The summed E-state index contributed by atoms with van der Waals surface area (Å²) in [7, 11) is 0. The summed E-state index contributed by atoms with van der Waals surface area (Å²) in [5, 5.41) is 4.59. The van der Waals surface area contributed by atoms with Gasteiger partial charge in [-0.1, -0.05) is 31.3 Å². The van der Waals surface area contributed by atoms with Crippen molar-refractivity contribution >= 4 is 26.7 Å². The average molecular weight is 232 g/mol. The van der Waals surface area contributed by atoms with Gasteiger partial charge in [-0.25, -0.2) is 4.98 Å². The molecule has 0 amide bonds. The lowest BCUT2D eigenvalue weighted by atomic mass is 10.2. The van der Waals surface area contributed by atoms with E-state index < -0.39 is 0 Å². The molecule has 1 fully saturated rings. The van der Waals surface area contributed by atoms with Gasteiger partial charge < -0.3 is 5.32 Å². The summed E-state index contributed by atoms with van der Waals surface area (Å²) in [5.41, 5.74) is 2.86. The van der Waals surface area contributed by atoms with E-state index in [0.29, 0.717) is 11.5 Å². The molecule has 0 spiro atoms. The molecule has 2 nitrogen and oxygen atoms in total. The van der Waals surface area contributed by atoms with E-state index >= 15 is 0 Å². The van der Waals surface area contributed by atoms with Crippen LogP contribution < -0.4 is 5.32 Å². The SMILES string of the molecule is Cc1ccc2nc(NC3CC3(C)C)sc2c1. The Morgan fingerprint density at radius 2 is 2.19 bits per heavy atom. The third-order valence-electron chi connectivity index (χ3n) is 3.36. The van der Waals surface area contributed by atoms with Crippen LogP contribution in [0.15, 0.2) is 18.2 Å². The molecule has 1 aliphatic carbocycles. The molecule has 1 aromatic carbocycles. The van der Waals surface area contributed by atoms with Crippen molar-refractivity contribution in [3.63, 3.8) is 0 Å². The number of nitrogens with zero attached hydrogens (tertiary/aromatic N) is 1. The summed E-state index contributed by atoms with van der Waals surface area (Å²) in [4.78, 5) is 4.61. The monoisotopic (exact) mass is 232 g/mol. The van der Waals surface area contributed by atoms with Crippen LogP contribution in [0.1, 0.15) is 25.8 Å². The lowest BCUT2D eigenvalue weighted by Crippen LogP contribution is -2.07. The summed E-state index contributed by atoms with van der Waals surface area (Å²) in [6, 6.07) is 7.03. The van der Waals surface area contributed by atoms with Crippen LogP contribution >= 0.6 is 11.3 Å². The Morgan fingerprint density at radius 3 is 2.88 bits per heavy atom. The Labute approximate surface area is 99.7 Å². The number of hydrogen-bond acceptors (Lipinski definition) is 3. The Balaban J connectivity index is 1.88. The molecule has 0 bridgehead atoms. The van der Waals surface area contributed by atoms with Crippen LogP contribution in [-0.2, 0) is 0 Å². The van der Waals surface area contributed by atoms with Crippen LogP contribution in [0, 0.1) is 12.3 Å². The number of thiazole rings is 1. The van der Waals surface area contributed by atoms with E-state index in [1.165, 1.54) is 16.7 Å². The number of rotatable bonds is 2. The van der Waals surface area contributed by atoms with Crippen LogP contribution in [0.2, 0.25) is 0 Å². The van der Waals surface area contributed by atoms with Crippen molar-refractivity contribution in [3.8, 4) is 0 Å². The highest BCUT2D eigenvalue weighted by molar-refractivity contribution is 7.22. The molecule has 1 atom stereocenters. The highest BCUT2D eigenvalue weighted by atomic mass is 32.1. The van der Waals surface area contributed by atoms with Gasteiger partial charge in [0.2, 0.25) is 0 Å². The third kappa shape index (κ3) is 1.69. The Hall–Kier alpha value is -1.09. The molecule has 1 aromatic heterocycles. The van der Waals surface area contributed by atoms with Crippen molar-refractivity contribution in [3.05, 3.63) is 23.8 Å². The second-order valence-electron chi connectivity index (χ2n) is 5.38. The molecular formula is C13H16N2S. The van der Waals surface area contributed by atoms with Gasteiger partial charge in [0.25, 0.3) is 0 Å². The zero-order valence-electron chi connectivity index (χ0n) is 9.87. The van der Waals surface area contributed by atoms with Crippen molar-refractivity contribution in [2.24, 2.45) is 5.41 Å². The molecule has 3 heteroatoms. The molecule has 0 aliphatic heterocycles. The van der Waals surface area contributed by atoms with Gasteiger partial charge in [-0.05, 0) is 36.5 Å². The van der Waals surface area contributed by atoms with E-state index in [0.717, 1.165) is 10.6 Å². The van der Waals surface area contributed by atoms with E-state index in [1.54, 1.807) is 11.3 Å². The zero-order valence-corrected chi connectivity index (χ0v) is 10.7. The number of fused-ring (bicyclic) bond motifs is 1. The maximum atomic E-state index is 4.61. The fourth-order valence-corrected chi connectivity index (χ4v) is 2.97. The van der Waals surface area contributed by atoms with Gasteiger partial charge in [0.1, 0.15) is 0 Å². The van der Waals surface area contributed by atoms with E-state index in [1.807, 2.05) is 0 Å². The van der Waals surface area contributed by atoms with Crippen molar-refractivity contribution in [2.75, 3.05) is 5.32 Å². The van der Waals surface area contributed by atoms with Gasteiger partial charge >= 0.3 is 0 Å². The van der Waals surface area contributed by atoms with Gasteiger partial charge in [-0.2, -0.15) is 0 Å². The molecule has 0 radical (unpaired) electrons. The predicted octanol–water partition coefficient (Wildman–Crippen LogP) is 3.82. The van der Waals surface area contributed by atoms with Gasteiger partial charge in [0.05, 0.1) is 10.2 Å². The molecule has 1 heterocycles. The first-order valence-electron chi connectivity index (χ1n) is 5.68. The molecule has 0 saturated heterocycles. The third-order valence-corrected chi connectivity index (χ3v) is 4.30. The smallest absolute Gasteiger partial charge is 0.184 e. The zero-order chi connectivity index (χ0) is 11.3. The summed E-state index contributed by atoms with van der Waals surface area (Å²) in [5.74, 6) is 0. The summed E-state index contributed by atoms with van der Waals surface area (Å²) >= 11 is 1.76. The minimum absolute atomic E-state index is 0.452. The van der Waals surface area contributed by atoms with E-state index in [4.69, 9.17) is 0 Å². The van der Waals surface area contributed by atoms with Gasteiger partial charge in [-0.15, -0.1) is 0 Å². The van der Waals surface area contributed by atoms with Gasteiger partial charge in [0, 0.05) is 6.04 Å². The van der Waals surface area contributed by atoms with Crippen molar-refractivity contribution in [2.45, 2.75) is 33.2 Å². The van der Waals surface area contributed by atoms with E-state index in [2.05, 4.69) is 49.3 Å². The first kappa shape index (κ1) is 10.1. The predicted molar refractivity (Wildman–Crippen MR) is 70.2 cm³/mol. The number of nitrogens with one attached hydrogen (secondary N) is 1. The van der Waals surface area contributed by atoms with Crippen LogP contribution in [0.5, 0.6) is 0 Å². The first-order chi connectivity index (χ1) is 7.54. The van der Waals surface area contributed by atoms with Crippen LogP contribution in [0.25, 0.3) is 10.2 Å². The number of benzene rings is 1. The molecule has 84 valence electrons.